The molecule has 0 saturated carbocycles. The predicted octanol–water partition coefficient (Wildman–Crippen LogP) is 3.91. The molecule has 2 aliphatic rings. The lowest BCUT2D eigenvalue weighted by Crippen LogP contribution is -2.43. The van der Waals surface area contributed by atoms with Crippen molar-refractivity contribution >= 4 is 11.7 Å². The minimum absolute atomic E-state index is 0.142. The van der Waals surface area contributed by atoms with E-state index in [1.165, 1.54) is 31.4 Å². The molecule has 1 saturated heterocycles. The first kappa shape index (κ1) is 24.1. The first-order valence-electron chi connectivity index (χ1n) is 12.6. The van der Waals surface area contributed by atoms with Gasteiger partial charge in [-0.3, -0.25) is 14.4 Å². The molecule has 0 atom stereocenters. The molecular formula is C29H30FN3O3. The molecule has 1 aromatic heterocycles. The summed E-state index contributed by atoms with van der Waals surface area (Å²) in [7, 11) is 0. The van der Waals surface area contributed by atoms with Gasteiger partial charge >= 0.3 is 0 Å². The Labute approximate surface area is 210 Å². The number of hydrogen-bond donors (Lipinski definition) is 0. The molecular weight excluding hydrogens is 457 g/mol. The van der Waals surface area contributed by atoms with Crippen molar-refractivity contribution in [2.75, 3.05) is 26.2 Å². The number of Topliss-reactive ketones (excluding diaryl/α,β-unsaturated/α-hetero) is 1. The summed E-state index contributed by atoms with van der Waals surface area (Å²) in [4.78, 5) is 43.4. The second kappa shape index (κ2) is 10.6. The minimum Gasteiger partial charge on any atom is -0.331 e. The zero-order chi connectivity index (χ0) is 25.1. The first-order chi connectivity index (χ1) is 17.5. The molecule has 3 heterocycles. The smallest absolute Gasteiger partial charge is 0.295 e. The van der Waals surface area contributed by atoms with Crippen LogP contribution in [0, 0.1) is 5.82 Å². The number of halogens is 1. The van der Waals surface area contributed by atoms with Crippen molar-refractivity contribution in [2.24, 2.45) is 0 Å². The molecule has 5 rings (SSSR count). The highest BCUT2D eigenvalue weighted by molar-refractivity contribution is 6.42. The molecule has 0 bridgehead atoms. The number of benzene rings is 2. The number of piperidine rings is 1. The number of carbonyl (C=O) groups excluding carboxylic acids is 2. The van der Waals surface area contributed by atoms with Gasteiger partial charge in [-0.2, -0.15) is 0 Å². The van der Waals surface area contributed by atoms with Gasteiger partial charge in [-0.1, -0.05) is 48.9 Å². The van der Waals surface area contributed by atoms with Crippen LogP contribution in [0.3, 0.4) is 0 Å². The van der Waals surface area contributed by atoms with Crippen molar-refractivity contribution in [3.63, 3.8) is 0 Å². The zero-order valence-corrected chi connectivity index (χ0v) is 20.3. The maximum absolute atomic E-state index is 14.0. The van der Waals surface area contributed by atoms with Gasteiger partial charge in [0.1, 0.15) is 5.82 Å². The van der Waals surface area contributed by atoms with Crippen LogP contribution in [-0.4, -0.2) is 52.2 Å². The lowest BCUT2D eigenvalue weighted by atomic mass is 9.98. The Hall–Kier alpha value is -3.58. The van der Waals surface area contributed by atoms with E-state index in [4.69, 9.17) is 0 Å². The molecule has 7 heteroatoms. The van der Waals surface area contributed by atoms with Gasteiger partial charge in [0.05, 0.1) is 0 Å². The van der Waals surface area contributed by atoms with Crippen molar-refractivity contribution in [3.8, 4) is 11.1 Å². The van der Waals surface area contributed by atoms with Crippen molar-refractivity contribution in [3.05, 3.63) is 93.7 Å². The fraction of sp³-hybridized carbons (Fsp3) is 0.345. The van der Waals surface area contributed by atoms with Crippen LogP contribution in [0.15, 0.2) is 65.5 Å². The van der Waals surface area contributed by atoms with Crippen molar-refractivity contribution < 1.29 is 14.0 Å². The van der Waals surface area contributed by atoms with Crippen LogP contribution in [0.1, 0.15) is 40.9 Å². The second-order valence-corrected chi connectivity index (χ2v) is 9.57. The molecule has 2 aromatic carbocycles. The summed E-state index contributed by atoms with van der Waals surface area (Å²) >= 11 is 0. The molecule has 36 heavy (non-hydrogen) atoms. The van der Waals surface area contributed by atoms with E-state index in [1.807, 2.05) is 4.57 Å². The van der Waals surface area contributed by atoms with Crippen LogP contribution in [0.4, 0.5) is 4.39 Å². The van der Waals surface area contributed by atoms with E-state index in [1.54, 1.807) is 53.4 Å². The van der Waals surface area contributed by atoms with Gasteiger partial charge in [0.25, 0.3) is 11.5 Å². The van der Waals surface area contributed by atoms with Gasteiger partial charge in [0.15, 0.2) is 0 Å². The predicted molar refractivity (Wildman–Crippen MR) is 136 cm³/mol. The number of rotatable bonds is 6. The Bertz CT molecular complexity index is 1330. The highest BCUT2D eigenvalue weighted by atomic mass is 19.1. The van der Waals surface area contributed by atoms with Crippen LogP contribution in [0.2, 0.25) is 0 Å². The SMILES string of the molecule is O=C(C(=O)N1CCc2c(cc(-c3cccc(F)c3)c(=O)n2CCN2CCCCC2)C1)c1ccccc1. The summed E-state index contributed by atoms with van der Waals surface area (Å²) in [6.07, 6.45) is 4.07. The standard InChI is InChI=1S/C29H30FN3O3/c30-24-11-7-10-22(18-24)25-19-23-20-32(29(36)27(34)21-8-3-1-4-9-21)15-12-26(23)33(28(25)35)17-16-31-13-5-2-6-14-31/h1,3-4,7-11,18-19H,2,5-6,12-17,20H2. The van der Waals surface area contributed by atoms with Gasteiger partial charge in [-0.15, -0.1) is 0 Å². The minimum atomic E-state index is -0.551. The number of likely N-dealkylation sites (tertiary alicyclic amines) is 1. The molecule has 186 valence electrons. The third kappa shape index (κ3) is 5.02. The Kier molecular flexibility index (Phi) is 7.09. The number of pyridine rings is 1. The van der Waals surface area contributed by atoms with Crippen LogP contribution in [0.25, 0.3) is 11.1 Å². The maximum Gasteiger partial charge on any atom is 0.295 e. The molecule has 0 unspecified atom stereocenters. The lowest BCUT2D eigenvalue weighted by molar-refractivity contribution is -0.127. The van der Waals surface area contributed by atoms with Crippen LogP contribution < -0.4 is 5.56 Å². The Morgan fingerprint density at radius 2 is 1.64 bits per heavy atom. The highest BCUT2D eigenvalue weighted by Gasteiger charge is 2.29. The maximum atomic E-state index is 14.0. The average molecular weight is 488 g/mol. The molecule has 0 radical (unpaired) electrons. The van der Waals surface area contributed by atoms with Crippen LogP contribution >= 0.6 is 0 Å². The fourth-order valence-electron chi connectivity index (χ4n) is 5.27. The van der Waals surface area contributed by atoms with Crippen LogP contribution in [-0.2, 0) is 24.3 Å². The van der Waals surface area contributed by atoms with Crippen LogP contribution in [0.5, 0.6) is 0 Å². The Morgan fingerprint density at radius 3 is 2.39 bits per heavy atom. The van der Waals surface area contributed by atoms with E-state index in [0.717, 1.165) is 30.9 Å². The largest absolute Gasteiger partial charge is 0.331 e. The highest BCUT2D eigenvalue weighted by Crippen LogP contribution is 2.25. The van der Waals surface area contributed by atoms with Gasteiger partial charge in [-0.05, 0) is 55.3 Å². The monoisotopic (exact) mass is 487 g/mol. The van der Waals surface area contributed by atoms with Gasteiger partial charge in [0, 0.05) is 49.4 Å². The van der Waals surface area contributed by atoms with Gasteiger partial charge in [0.2, 0.25) is 5.78 Å². The number of hydrogen-bond acceptors (Lipinski definition) is 4. The third-order valence-corrected chi connectivity index (χ3v) is 7.21. The number of nitrogens with zero attached hydrogens (tertiary/aromatic N) is 3. The number of carbonyl (C=O) groups is 2. The zero-order valence-electron chi connectivity index (χ0n) is 20.3. The summed E-state index contributed by atoms with van der Waals surface area (Å²) in [5, 5.41) is 0. The molecule has 0 N–H and O–H groups in total. The lowest BCUT2D eigenvalue weighted by Gasteiger charge is -2.32. The van der Waals surface area contributed by atoms with Gasteiger partial charge < -0.3 is 14.4 Å². The number of fused-ring (bicyclic) bond motifs is 1. The van der Waals surface area contributed by atoms with E-state index in [9.17, 15) is 18.8 Å². The molecule has 0 aliphatic carbocycles. The van der Waals surface area contributed by atoms with Crippen molar-refractivity contribution in [1.29, 1.82) is 0 Å². The van der Waals surface area contributed by atoms with E-state index in [0.29, 0.717) is 36.2 Å². The third-order valence-electron chi connectivity index (χ3n) is 7.21. The van der Waals surface area contributed by atoms with Gasteiger partial charge in [-0.25, -0.2) is 4.39 Å². The molecule has 1 amide bonds. The van der Waals surface area contributed by atoms with E-state index >= 15 is 0 Å². The van der Waals surface area contributed by atoms with E-state index in [-0.39, 0.29) is 12.1 Å². The molecule has 3 aromatic rings. The molecule has 0 spiro atoms. The molecule has 6 nitrogen and oxygen atoms in total. The quantitative estimate of drug-likeness (QED) is 0.391. The summed E-state index contributed by atoms with van der Waals surface area (Å²) in [5.74, 6) is -1.50. The average Bonchev–Trinajstić information content (AvgIpc) is 2.92. The molecule has 1 fully saturated rings. The normalized spacial score (nSPS) is 16.0. The topological polar surface area (TPSA) is 62.6 Å². The number of ketones is 1. The fourth-order valence-corrected chi connectivity index (χ4v) is 5.27. The van der Waals surface area contributed by atoms with E-state index < -0.39 is 17.5 Å². The Balaban J connectivity index is 1.48. The number of amides is 1. The van der Waals surface area contributed by atoms with Crippen molar-refractivity contribution in [2.45, 2.75) is 38.8 Å². The number of aromatic nitrogens is 1. The Morgan fingerprint density at radius 1 is 0.861 bits per heavy atom. The van der Waals surface area contributed by atoms with Crippen molar-refractivity contribution in [1.82, 2.24) is 14.4 Å². The summed E-state index contributed by atoms with van der Waals surface area (Å²) in [5.41, 5.74) is 2.87. The summed E-state index contributed by atoms with van der Waals surface area (Å²) in [6, 6.07) is 16.4. The molecule has 2 aliphatic heterocycles. The second-order valence-electron chi connectivity index (χ2n) is 9.57. The summed E-state index contributed by atoms with van der Waals surface area (Å²) < 4.78 is 15.8. The first-order valence-corrected chi connectivity index (χ1v) is 12.6. The summed E-state index contributed by atoms with van der Waals surface area (Å²) in [6.45, 7) is 3.98. The van der Waals surface area contributed by atoms with E-state index in [2.05, 4.69) is 4.90 Å².